The molecule has 1 heterocycles. The molecule has 0 amide bonds. The number of hydrogen-bond donors (Lipinski definition) is 1. The molecule has 0 radical (unpaired) electrons. The quantitative estimate of drug-likeness (QED) is 0.921. The third-order valence-corrected chi connectivity index (χ3v) is 3.83. The lowest BCUT2D eigenvalue weighted by molar-refractivity contribution is -0.137. The fourth-order valence-corrected chi connectivity index (χ4v) is 2.57. The van der Waals surface area contributed by atoms with Gasteiger partial charge in [0.2, 0.25) is 0 Å². The van der Waals surface area contributed by atoms with Gasteiger partial charge in [-0.15, -0.1) is 0 Å². The van der Waals surface area contributed by atoms with E-state index >= 15 is 0 Å². The number of benzene rings is 1. The van der Waals surface area contributed by atoms with E-state index in [1.54, 1.807) is 0 Å². The molecule has 21 heavy (non-hydrogen) atoms. The summed E-state index contributed by atoms with van der Waals surface area (Å²) >= 11 is 0. The second kappa shape index (κ2) is 4.84. The highest BCUT2D eigenvalue weighted by Crippen LogP contribution is 2.36. The summed E-state index contributed by atoms with van der Waals surface area (Å²) in [6.07, 6.45) is -0.747. The second-order valence-corrected chi connectivity index (χ2v) is 5.36. The Morgan fingerprint density at radius 2 is 1.71 bits per heavy atom. The summed E-state index contributed by atoms with van der Waals surface area (Å²) < 4.78 is 42.7. The van der Waals surface area contributed by atoms with E-state index in [4.69, 9.17) is 10.3 Å². The first-order valence-electron chi connectivity index (χ1n) is 6.69. The SMILES string of the molecule is NC1(c2noc(-c3ccc(C(F)(F)F)cc3)n2)CCCC1. The standard InChI is InChI=1S/C14H14F3N3O/c15-14(16,17)10-5-3-9(4-6-10)11-19-12(20-21-11)13(18)7-1-2-8-13/h3-6H,1-2,7-8,18H2. The lowest BCUT2D eigenvalue weighted by atomic mass is 9.99. The van der Waals surface area contributed by atoms with Gasteiger partial charge in [0.1, 0.15) is 0 Å². The molecule has 4 nitrogen and oxygen atoms in total. The molecule has 1 fully saturated rings. The molecule has 1 aromatic heterocycles. The molecule has 0 atom stereocenters. The Hall–Kier alpha value is -1.89. The minimum Gasteiger partial charge on any atom is -0.334 e. The van der Waals surface area contributed by atoms with E-state index in [0.29, 0.717) is 11.4 Å². The molecule has 2 aromatic rings. The number of halogens is 3. The highest BCUT2D eigenvalue weighted by molar-refractivity contribution is 5.53. The van der Waals surface area contributed by atoms with Crippen LogP contribution in [0.15, 0.2) is 28.8 Å². The molecule has 0 saturated heterocycles. The topological polar surface area (TPSA) is 64.9 Å². The van der Waals surface area contributed by atoms with Gasteiger partial charge in [-0.25, -0.2) is 0 Å². The van der Waals surface area contributed by atoms with E-state index in [9.17, 15) is 13.2 Å². The van der Waals surface area contributed by atoms with Crippen LogP contribution >= 0.6 is 0 Å². The van der Waals surface area contributed by atoms with Gasteiger partial charge >= 0.3 is 6.18 Å². The minimum atomic E-state index is -4.36. The lowest BCUT2D eigenvalue weighted by Gasteiger charge is -2.17. The van der Waals surface area contributed by atoms with Gasteiger partial charge in [0.25, 0.3) is 5.89 Å². The van der Waals surface area contributed by atoms with E-state index < -0.39 is 17.3 Å². The summed E-state index contributed by atoms with van der Waals surface area (Å²) in [5.74, 6) is 0.616. The van der Waals surface area contributed by atoms with Crippen molar-refractivity contribution in [2.75, 3.05) is 0 Å². The maximum atomic E-state index is 12.5. The van der Waals surface area contributed by atoms with E-state index in [1.807, 2.05) is 0 Å². The highest BCUT2D eigenvalue weighted by atomic mass is 19.4. The van der Waals surface area contributed by atoms with Crippen molar-refractivity contribution in [1.82, 2.24) is 10.1 Å². The first kappa shape index (κ1) is 14.1. The van der Waals surface area contributed by atoms with Gasteiger partial charge in [-0.05, 0) is 37.1 Å². The van der Waals surface area contributed by atoms with Crippen molar-refractivity contribution < 1.29 is 17.7 Å². The Morgan fingerprint density at radius 3 is 2.29 bits per heavy atom. The number of nitrogens with two attached hydrogens (primary N) is 1. The second-order valence-electron chi connectivity index (χ2n) is 5.36. The summed E-state index contributed by atoms with van der Waals surface area (Å²) in [6.45, 7) is 0. The predicted octanol–water partition coefficient (Wildman–Crippen LogP) is 3.48. The van der Waals surface area contributed by atoms with Crippen molar-refractivity contribution in [3.63, 3.8) is 0 Å². The van der Waals surface area contributed by atoms with Crippen LogP contribution in [0.3, 0.4) is 0 Å². The molecule has 0 spiro atoms. The molecular formula is C14H14F3N3O. The van der Waals surface area contributed by atoms with E-state index in [0.717, 1.165) is 37.8 Å². The molecule has 112 valence electrons. The molecule has 1 aliphatic rings. The van der Waals surface area contributed by atoms with Gasteiger partial charge in [-0.2, -0.15) is 18.2 Å². The maximum absolute atomic E-state index is 12.5. The van der Waals surface area contributed by atoms with Crippen LogP contribution < -0.4 is 5.73 Å². The Labute approximate surface area is 119 Å². The molecule has 1 aromatic carbocycles. The normalized spacial score (nSPS) is 18.1. The largest absolute Gasteiger partial charge is 0.416 e. The molecule has 1 saturated carbocycles. The molecule has 0 aliphatic heterocycles. The third kappa shape index (κ3) is 2.65. The van der Waals surface area contributed by atoms with Gasteiger partial charge in [0, 0.05) is 5.56 Å². The van der Waals surface area contributed by atoms with Crippen LogP contribution in [0.4, 0.5) is 13.2 Å². The zero-order valence-electron chi connectivity index (χ0n) is 11.2. The number of rotatable bonds is 2. The van der Waals surface area contributed by atoms with Crippen molar-refractivity contribution in [3.05, 3.63) is 35.7 Å². The lowest BCUT2D eigenvalue weighted by Crippen LogP contribution is -2.34. The van der Waals surface area contributed by atoms with Gasteiger partial charge < -0.3 is 10.3 Å². The zero-order chi connectivity index (χ0) is 15.1. The molecule has 0 bridgehead atoms. The van der Waals surface area contributed by atoms with Crippen molar-refractivity contribution in [2.45, 2.75) is 37.4 Å². The van der Waals surface area contributed by atoms with Gasteiger partial charge in [-0.3, -0.25) is 0 Å². The van der Waals surface area contributed by atoms with E-state index in [1.165, 1.54) is 12.1 Å². The van der Waals surface area contributed by atoms with Crippen LogP contribution in [-0.4, -0.2) is 10.1 Å². The Bertz CT molecular complexity index is 628. The molecular weight excluding hydrogens is 283 g/mol. The first-order valence-corrected chi connectivity index (χ1v) is 6.69. The van der Waals surface area contributed by atoms with Crippen molar-refractivity contribution in [3.8, 4) is 11.5 Å². The summed E-state index contributed by atoms with van der Waals surface area (Å²) in [4.78, 5) is 4.24. The summed E-state index contributed by atoms with van der Waals surface area (Å²) in [5.41, 5.74) is 5.38. The van der Waals surface area contributed by atoms with Crippen LogP contribution in [0.1, 0.15) is 37.1 Å². The Morgan fingerprint density at radius 1 is 1.10 bits per heavy atom. The van der Waals surface area contributed by atoms with Crippen LogP contribution in [0.5, 0.6) is 0 Å². The Kier molecular flexibility index (Phi) is 3.24. The summed E-state index contributed by atoms with van der Waals surface area (Å²) in [7, 11) is 0. The minimum absolute atomic E-state index is 0.190. The van der Waals surface area contributed by atoms with Gasteiger partial charge in [-0.1, -0.05) is 18.0 Å². The zero-order valence-corrected chi connectivity index (χ0v) is 11.2. The number of nitrogens with zero attached hydrogens (tertiary/aromatic N) is 2. The first-order chi connectivity index (χ1) is 9.88. The molecule has 0 unspecified atom stereocenters. The summed E-state index contributed by atoms with van der Waals surface area (Å²) in [5, 5.41) is 3.88. The highest BCUT2D eigenvalue weighted by Gasteiger charge is 2.36. The smallest absolute Gasteiger partial charge is 0.334 e. The van der Waals surface area contributed by atoms with E-state index in [-0.39, 0.29) is 5.89 Å². The van der Waals surface area contributed by atoms with Crippen molar-refractivity contribution in [1.29, 1.82) is 0 Å². The van der Waals surface area contributed by atoms with Crippen LogP contribution in [-0.2, 0) is 11.7 Å². The summed E-state index contributed by atoms with van der Waals surface area (Å²) in [6, 6.07) is 4.62. The fourth-order valence-electron chi connectivity index (χ4n) is 2.57. The fraction of sp³-hybridized carbons (Fsp3) is 0.429. The van der Waals surface area contributed by atoms with Crippen LogP contribution in [0.2, 0.25) is 0 Å². The van der Waals surface area contributed by atoms with Crippen molar-refractivity contribution in [2.24, 2.45) is 5.73 Å². The average molecular weight is 297 g/mol. The van der Waals surface area contributed by atoms with Gasteiger partial charge in [0.15, 0.2) is 5.82 Å². The number of hydrogen-bond acceptors (Lipinski definition) is 4. The molecule has 2 N–H and O–H groups in total. The number of aromatic nitrogens is 2. The molecule has 3 rings (SSSR count). The van der Waals surface area contributed by atoms with E-state index in [2.05, 4.69) is 10.1 Å². The molecule has 7 heteroatoms. The van der Waals surface area contributed by atoms with Crippen molar-refractivity contribution >= 4 is 0 Å². The predicted molar refractivity (Wildman–Crippen MR) is 69.1 cm³/mol. The Balaban J connectivity index is 1.86. The monoisotopic (exact) mass is 297 g/mol. The van der Waals surface area contributed by atoms with Gasteiger partial charge in [0.05, 0.1) is 11.1 Å². The van der Waals surface area contributed by atoms with Crippen LogP contribution in [0.25, 0.3) is 11.5 Å². The number of alkyl halides is 3. The average Bonchev–Trinajstić information content (AvgIpc) is 3.07. The molecule has 1 aliphatic carbocycles. The maximum Gasteiger partial charge on any atom is 0.416 e. The third-order valence-electron chi connectivity index (χ3n) is 3.83. The van der Waals surface area contributed by atoms with Crippen LogP contribution in [0, 0.1) is 0 Å².